The number of imidazole rings is 1. The highest BCUT2D eigenvalue weighted by Crippen LogP contribution is 2.32. The Hall–Kier alpha value is -2.50. The number of aromatic nitrogens is 2. The molecule has 132 valence electrons. The number of hydrogen-bond acceptors (Lipinski definition) is 4. The van der Waals surface area contributed by atoms with Crippen LogP contribution in [0.3, 0.4) is 0 Å². The Labute approximate surface area is 147 Å². The third kappa shape index (κ3) is 3.08. The van der Waals surface area contributed by atoms with Crippen LogP contribution >= 0.6 is 0 Å². The number of para-hydroxylation sites is 2. The number of ether oxygens (including phenoxy) is 2. The second-order valence-corrected chi connectivity index (χ2v) is 6.55. The molecule has 1 aromatic carbocycles. The molecule has 0 spiro atoms. The van der Waals surface area contributed by atoms with E-state index in [0.717, 1.165) is 31.6 Å². The Morgan fingerprint density at radius 1 is 1.32 bits per heavy atom. The number of fused-ring (bicyclic) bond motifs is 1. The number of benzene rings is 1. The van der Waals surface area contributed by atoms with Gasteiger partial charge in [-0.05, 0) is 25.0 Å². The van der Waals surface area contributed by atoms with Gasteiger partial charge in [0, 0.05) is 31.9 Å². The Bertz CT molecular complexity index is 758. The average molecular weight is 341 g/mol. The van der Waals surface area contributed by atoms with Crippen molar-refractivity contribution in [1.29, 1.82) is 0 Å². The molecule has 0 N–H and O–H groups in total. The monoisotopic (exact) mass is 341 g/mol. The molecule has 25 heavy (non-hydrogen) atoms. The van der Waals surface area contributed by atoms with Crippen molar-refractivity contribution in [1.82, 2.24) is 14.5 Å². The SMILES string of the molecule is CCc1nccn1[C@@H]1CCCN(C(=O)[C@H]2COc3ccccc3O2)C1. The number of amides is 1. The van der Waals surface area contributed by atoms with Crippen LogP contribution in [0, 0.1) is 0 Å². The molecule has 4 rings (SSSR count). The first kappa shape index (κ1) is 16.0. The number of piperidine rings is 1. The summed E-state index contributed by atoms with van der Waals surface area (Å²) in [6, 6.07) is 7.77. The van der Waals surface area contributed by atoms with Gasteiger partial charge in [-0.2, -0.15) is 0 Å². The second kappa shape index (κ2) is 6.78. The van der Waals surface area contributed by atoms with E-state index < -0.39 is 6.10 Å². The summed E-state index contributed by atoms with van der Waals surface area (Å²) in [5, 5.41) is 0. The van der Waals surface area contributed by atoms with Crippen LogP contribution in [-0.4, -0.2) is 46.2 Å². The van der Waals surface area contributed by atoms with Crippen molar-refractivity contribution in [3.05, 3.63) is 42.5 Å². The fourth-order valence-electron chi connectivity index (χ4n) is 3.68. The number of hydrogen-bond donors (Lipinski definition) is 0. The minimum Gasteiger partial charge on any atom is -0.485 e. The topological polar surface area (TPSA) is 56.6 Å². The van der Waals surface area contributed by atoms with Crippen LogP contribution in [0.5, 0.6) is 11.5 Å². The highest BCUT2D eigenvalue weighted by Gasteiger charge is 2.34. The van der Waals surface area contributed by atoms with Crippen molar-refractivity contribution in [3.8, 4) is 11.5 Å². The molecule has 0 unspecified atom stereocenters. The molecule has 1 fully saturated rings. The Morgan fingerprint density at radius 2 is 2.16 bits per heavy atom. The van der Waals surface area contributed by atoms with E-state index in [1.165, 1.54) is 0 Å². The van der Waals surface area contributed by atoms with Crippen molar-refractivity contribution in [2.75, 3.05) is 19.7 Å². The molecule has 0 radical (unpaired) electrons. The molecule has 0 aliphatic carbocycles. The van der Waals surface area contributed by atoms with Gasteiger partial charge in [0.2, 0.25) is 6.10 Å². The molecule has 2 aliphatic rings. The maximum atomic E-state index is 12.9. The predicted octanol–water partition coefficient (Wildman–Crippen LogP) is 2.45. The van der Waals surface area contributed by atoms with Crippen LogP contribution in [0.25, 0.3) is 0 Å². The van der Waals surface area contributed by atoms with E-state index in [9.17, 15) is 4.79 Å². The number of aryl methyl sites for hydroxylation is 1. The number of nitrogens with zero attached hydrogens (tertiary/aromatic N) is 3. The van der Waals surface area contributed by atoms with Crippen molar-refractivity contribution < 1.29 is 14.3 Å². The highest BCUT2D eigenvalue weighted by atomic mass is 16.6. The fraction of sp³-hybridized carbons (Fsp3) is 0.474. The van der Waals surface area contributed by atoms with E-state index in [1.54, 1.807) is 0 Å². The smallest absolute Gasteiger partial charge is 0.267 e. The van der Waals surface area contributed by atoms with Gasteiger partial charge in [-0.15, -0.1) is 0 Å². The standard InChI is InChI=1S/C19H23N3O3/c1-2-18-20-9-11-22(18)14-6-5-10-21(12-14)19(23)17-13-24-15-7-3-4-8-16(15)25-17/h3-4,7-9,11,14,17H,2,5-6,10,12-13H2,1H3/t14-,17-/m1/s1. The molecule has 6 nitrogen and oxygen atoms in total. The van der Waals surface area contributed by atoms with Gasteiger partial charge in [0.15, 0.2) is 11.5 Å². The fourth-order valence-corrected chi connectivity index (χ4v) is 3.68. The van der Waals surface area contributed by atoms with Crippen LogP contribution in [0.2, 0.25) is 0 Å². The molecule has 2 atom stereocenters. The predicted molar refractivity (Wildman–Crippen MR) is 92.8 cm³/mol. The summed E-state index contributed by atoms with van der Waals surface area (Å²) < 4.78 is 13.8. The van der Waals surface area contributed by atoms with Gasteiger partial charge >= 0.3 is 0 Å². The number of carbonyl (C=O) groups excluding carboxylic acids is 1. The number of likely N-dealkylation sites (tertiary alicyclic amines) is 1. The molecular weight excluding hydrogens is 318 g/mol. The molecule has 2 aromatic rings. The molecule has 3 heterocycles. The van der Waals surface area contributed by atoms with Gasteiger partial charge < -0.3 is 18.9 Å². The van der Waals surface area contributed by atoms with Crippen molar-refractivity contribution in [3.63, 3.8) is 0 Å². The van der Waals surface area contributed by atoms with E-state index >= 15 is 0 Å². The van der Waals surface area contributed by atoms with Gasteiger partial charge in [-0.1, -0.05) is 19.1 Å². The third-order valence-electron chi connectivity index (χ3n) is 4.95. The first-order valence-electron chi connectivity index (χ1n) is 8.95. The van der Waals surface area contributed by atoms with Crippen LogP contribution in [0.15, 0.2) is 36.7 Å². The maximum Gasteiger partial charge on any atom is 0.267 e. The van der Waals surface area contributed by atoms with Crippen molar-refractivity contribution in [2.45, 2.75) is 38.3 Å². The largest absolute Gasteiger partial charge is 0.485 e. The summed E-state index contributed by atoms with van der Waals surface area (Å²) in [5.41, 5.74) is 0. The minimum absolute atomic E-state index is 0.0115. The van der Waals surface area contributed by atoms with E-state index in [4.69, 9.17) is 9.47 Å². The highest BCUT2D eigenvalue weighted by molar-refractivity contribution is 5.82. The molecule has 0 bridgehead atoms. The molecule has 2 aliphatic heterocycles. The van der Waals surface area contributed by atoms with Crippen molar-refractivity contribution in [2.24, 2.45) is 0 Å². The van der Waals surface area contributed by atoms with Gasteiger partial charge in [0.1, 0.15) is 12.4 Å². The second-order valence-electron chi connectivity index (χ2n) is 6.55. The summed E-state index contributed by atoms with van der Waals surface area (Å²) in [4.78, 5) is 19.3. The number of rotatable bonds is 3. The lowest BCUT2D eigenvalue weighted by Crippen LogP contribution is -2.50. The lowest BCUT2D eigenvalue weighted by molar-refractivity contribution is -0.142. The zero-order valence-electron chi connectivity index (χ0n) is 14.4. The van der Waals surface area contributed by atoms with Gasteiger partial charge in [-0.25, -0.2) is 4.98 Å². The van der Waals surface area contributed by atoms with Gasteiger partial charge in [0.05, 0.1) is 6.04 Å². The van der Waals surface area contributed by atoms with E-state index in [0.29, 0.717) is 18.0 Å². The van der Waals surface area contributed by atoms with E-state index in [2.05, 4.69) is 16.5 Å². The van der Waals surface area contributed by atoms with E-state index in [1.807, 2.05) is 41.6 Å². The molecule has 1 saturated heterocycles. The molecule has 6 heteroatoms. The first-order valence-corrected chi connectivity index (χ1v) is 8.95. The average Bonchev–Trinajstić information content (AvgIpc) is 3.16. The van der Waals surface area contributed by atoms with Crippen LogP contribution in [0.1, 0.15) is 31.6 Å². The third-order valence-corrected chi connectivity index (χ3v) is 4.95. The van der Waals surface area contributed by atoms with Crippen LogP contribution in [-0.2, 0) is 11.2 Å². The Morgan fingerprint density at radius 3 is 3.00 bits per heavy atom. The Balaban J connectivity index is 1.46. The summed E-state index contributed by atoms with van der Waals surface area (Å²) in [7, 11) is 0. The first-order chi connectivity index (χ1) is 12.3. The minimum atomic E-state index is -0.568. The zero-order valence-corrected chi connectivity index (χ0v) is 14.4. The molecule has 1 aromatic heterocycles. The quantitative estimate of drug-likeness (QED) is 0.860. The van der Waals surface area contributed by atoms with Gasteiger partial charge in [0.25, 0.3) is 5.91 Å². The lowest BCUT2D eigenvalue weighted by atomic mass is 10.0. The maximum absolute atomic E-state index is 12.9. The summed E-state index contributed by atoms with van der Waals surface area (Å²) in [6.45, 7) is 3.84. The van der Waals surface area contributed by atoms with Crippen LogP contribution in [0.4, 0.5) is 0 Å². The summed E-state index contributed by atoms with van der Waals surface area (Å²) in [6.07, 6.45) is 6.25. The van der Waals surface area contributed by atoms with Gasteiger partial charge in [-0.3, -0.25) is 4.79 Å². The summed E-state index contributed by atoms with van der Waals surface area (Å²) >= 11 is 0. The van der Waals surface area contributed by atoms with Crippen molar-refractivity contribution >= 4 is 5.91 Å². The molecule has 1 amide bonds. The zero-order chi connectivity index (χ0) is 17.2. The van der Waals surface area contributed by atoms with Crippen LogP contribution < -0.4 is 9.47 Å². The summed E-state index contributed by atoms with van der Waals surface area (Å²) in [5.74, 6) is 2.43. The number of carbonyl (C=O) groups is 1. The molecule has 0 saturated carbocycles. The lowest BCUT2D eigenvalue weighted by Gasteiger charge is -2.36. The van der Waals surface area contributed by atoms with E-state index in [-0.39, 0.29) is 18.6 Å². The normalized spacial score (nSPS) is 22.7. The molecular formula is C19H23N3O3. The Kier molecular flexibility index (Phi) is 4.34.